The zero-order valence-corrected chi connectivity index (χ0v) is 18.7. The van der Waals surface area contributed by atoms with Crippen LogP contribution in [-0.2, 0) is 11.8 Å². The summed E-state index contributed by atoms with van der Waals surface area (Å²) in [7, 11) is 1.81. The van der Waals surface area contributed by atoms with E-state index in [0.717, 1.165) is 54.4 Å². The van der Waals surface area contributed by atoms with Crippen molar-refractivity contribution in [3.63, 3.8) is 0 Å². The first-order valence-electron chi connectivity index (χ1n) is 11.0. The summed E-state index contributed by atoms with van der Waals surface area (Å²) < 4.78 is 6.80. The van der Waals surface area contributed by atoms with Crippen LogP contribution in [-0.4, -0.2) is 53.3 Å². The van der Waals surface area contributed by atoms with Crippen LogP contribution in [0.1, 0.15) is 17.3 Å². The number of anilines is 3. The van der Waals surface area contributed by atoms with Crippen molar-refractivity contribution in [3.8, 4) is 0 Å². The summed E-state index contributed by atoms with van der Waals surface area (Å²) in [5.74, 6) is 0.251. The molecular formula is C24H26N6O3. The van der Waals surface area contributed by atoms with Crippen LogP contribution >= 0.6 is 0 Å². The first-order valence-corrected chi connectivity index (χ1v) is 11.0. The molecule has 2 aromatic carbocycles. The molecule has 0 spiro atoms. The number of esters is 1. The van der Waals surface area contributed by atoms with Gasteiger partial charge in [-0.2, -0.15) is 0 Å². The Labute approximate surface area is 190 Å². The van der Waals surface area contributed by atoms with E-state index >= 15 is 0 Å². The third kappa shape index (κ3) is 3.65. The van der Waals surface area contributed by atoms with Gasteiger partial charge in [0.05, 0.1) is 34.5 Å². The van der Waals surface area contributed by atoms with Crippen LogP contribution in [0.4, 0.5) is 17.3 Å². The highest BCUT2D eigenvalue weighted by atomic mass is 16.5. The molecule has 170 valence electrons. The standard InChI is InChI=1S/C24H26N6O3/c1-3-33-23(32)16-14-28(2)20-13-21(17(25)12-15(20)22(16)31)29-8-10-30(11-9-29)24-26-18-6-4-5-7-19(18)27-24/h4-7,12-14H,3,8-11,25H2,1-2H3,(H,26,27). The third-order valence-corrected chi connectivity index (χ3v) is 6.13. The summed E-state index contributed by atoms with van der Waals surface area (Å²) in [5, 5.41) is 0.408. The van der Waals surface area contributed by atoms with Crippen LogP contribution in [0.5, 0.6) is 0 Å². The average molecular weight is 447 g/mol. The molecule has 4 aromatic rings. The predicted molar refractivity (Wildman–Crippen MR) is 130 cm³/mol. The number of aromatic amines is 1. The Morgan fingerprint density at radius 2 is 1.88 bits per heavy atom. The lowest BCUT2D eigenvalue weighted by Crippen LogP contribution is -2.47. The molecule has 9 heteroatoms. The number of nitrogens with two attached hydrogens (primary N) is 1. The Kier molecular flexibility index (Phi) is 5.16. The van der Waals surface area contributed by atoms with Gasteiger partial charge in [0.2, 0.25) is 11.4 Å². The number of hydrogen-bond donors (Lipinski definition) is 2. The van der Waals surface area contributed by atoms with Gasteiger partial charge in [-0.1, -0.05) is 12.1 Å². The normalized spacial score (nSPS) is 14.2. The molecule has 0 unspecified atom stereocenters. The van der Waals surface area contributed by atoms with Crippen molar-refractivity contribution < 1.29 is 9.53 Å². The summed E-state index contributed by atoms with van der Waals surface area (Å²) in [6.45, 7) is 5.03. The van der Waals surface area contributed by atoms with Crippen LogP contribution in [0.25, 0.3) is 21.9 Å². The number of nitrogens with one attached hydrogen (secondary N) is 1. The van der Waals surface area contributed by atoms with Crippen molar-refractivity contribution in [2.75, 3.05) is 48.3 Å². The topological polar surface area (TPSA) is 109 Å². The van der Waals surface area contributed by atoms with Gasteiger partial charge in [0, 0.05) is 44.8 Å². The van der Waals surface area contributed by atoms with Crippen molar-refractivity contribution in [2.24, 2.45) is 7.05 Å². The van der Waals surface area contributed by atoms with Crippen LogP contribution in [0.2, 0.25) is 0 Å². The van der Waals surface area contributed by atoms with Gasteiger partial charge in [0.1, 0.15) is 5.56 Å². The van der Waals surface area contributed by atoms with Crippen molar-refractivity contribution in [1.29, 1.82) is 0 Å². The van der Waals surface area contributed by atoms with Crippen molar-refractivity contribution in [3.05, 3.63) is 58.4 Å². The molecule has 1 saturated heterocycles. The summed E-state index contributed by atoms with van der Waals surface area (Å²) in [6.07, 6.45) is 1.53. The molecule has 1 aliphatic rings. The van der Waals surface area contributed by atoms with Gasteiger partial charge in [-0.3, -0.25) is 4.79 Å². The van der Waals surface area contributed by atoms with Gasteiger partial charge >= 0.3 is 5.97 Å². The number of imidazole rings is 1. The fraction of sp³-hybridized carbons (Fsp3) is 0.292. The average Bonchev–Trinajstić information content (AvgIpc) is 3.26. The highest BCUT2D eigenvalue weighted by molar-refractivity contribution is 5.96. The second-order valence-electron chi connectivity index (χ2n) is 8.18. The number of carbonyl (C=O) groups is 1. The molecule has 5 rings (SSSR count). The first-order chi connectivity index (χ1) is 16.0. The summed E-state index contributed by atoms with van der Waals surface area (Å²) in [4.78, 5) is 37.6. The minimum atomic E-state index is -0.621. The van der Waals surface area contributed by atoms with Crippen LogP contribution in [0.15, 0.2) is 47.4 Å². The SMILES string of the molecule is CCOC(=O)c1cn(C)c2cc(N3CCN(c4nc5ccccc5[nH]4)CC3)c(N)cc2c1=O. The molecule has 3 heterocycles. The smallest absolute Gasteiger partial charge is 0.343 e. The lowest BCUT2D eigenvalue weighted by atomic mass is 10.1. The number of para-hydroxylation sites is 2. The molecule has 0 radical (unpaired) electrons. The number of pyridine rings is 1. The minimum Gasteiger partial charge on any atom is -0.462 e. The van der Waals surface area contributed by atoms with E-state index in [9.17, 15) is 9.59 Å². The number of ether oxygens (including phenoxy) is 1. The van der Waals surface area contributed by atoms with Gasteiger partial charge < -0.3 is 29.8 Å². The van der Waals surface area contributed by atoms with Crippen molar-refractivity contribution in [1.82, 2.24) is 14.5 Å². The van der Waals surface area contributed by atoms with Gasteiger partial charge in [-0.05, 0) is 31.2 Å². The molecule has 0 bridgehead atoms. The number of fused-ring (bicyclic) bond motifs is 2. The lowest BCUT2D eigenvalue weighted by molar-refractivity contribution is 0.0524. The van der Waals surface area contributed by atoms with Crippen molar-refractivity contribution in [2.45, 2.75) is 6.92 Å². The second-order valence-corrected chi connectivity index (χ2v) is 8.18. The van der Waals surface area contributed by atoms with E-state index in [2.05, 4.69) is 14.8 Å². The highest BCUT2D eigenvalue weighted by Crippen LogP contribution is 2.30. The Hall–Kier alpha value is -4.01. The number of rotatable bonds is 4. The van der Waals surface area contributed by atoms with Gasteiger partial charge in [-0.25, -0.2) is 9.78 Å². The van der Waals surface area contributed by atoms with Gasteiger partial charge in [0.25, 0.3) is 0 Å². The van der Waals surface area contributed by atoms with E-state index in [1.54, 1.807) is 17.6 Å². The molecule has 1 aliphatic heterocycles. The van der Waals surface area contributed by atoms with E-state index in [-0.39, 0.29) is 17.6 Å². The molecule has 3 N–H and O–H groups in total. The van der Waals surface area contributed by atoms with E-state index in [1.165, 1.54) is 6.20 Å². The quantitative estimate of drug-likeness (QED) is 0.366. The van der Waals surface area contributed by atoms with Crippen LogP contribution in [0, 0.1) is 0 Å². The third-order valence-electron chi connectivity index (χ3n) is 6.13. The van der Waals surface area contributed by atoms with Gasteiger partial charge in [-0.15, -0.1) is 0 Å². The Balaban J connectivity index is 1.41. The second kappa shape index (κ2) is 8.16. The predicted octanol–water partition coefficient (Wildman–Crippen LogP) is 2.50. The monoisotopic (exact) mass is 446 g/mol. The molecule has 33 heavy (non-hydrogen) atoms. The number of hydrogen-bond acceptors (Lipinski definition) is 7. The maximum Gasteiger partial charge on any atom is 0.343 e. The molecule has 0 amide bonds. The number of aryl methyl sites for hydroxylation is 1. The van der Waals surface area contributed by atoms with E-state index in [4.69, 9.17) is 15.5 Å². The number of nitrogen functional groups attached to an aromatic ring is 1. The number of H-pyrrole nitrogens is 1. The fourth-order valence-electron chi connectivity index (χ4n) is 4.41. The fourth-order valence-corrected chi connectivity index (χ4v) is 4.41. The van der Waals surface area contributed by atoms with Crippen LogP contribution in [0.3, 0.4) is 0 Å². The Morgan fingerprint density at radius 1 is 1.15 bits per heavy atom. The lowest BCUT2D eigenvalue weighted by Gasteiger charge is -2.36. The molecule has 9 nitrogen and oxygen atoms in total. The summed E-state index contributed by atoms with van der Waals surface area (Å²) >= 11 is 0. The number of aromatic nitrogens is 3. The van der Waals surface area contributed by atoms with E-state index in [0.29, 0.717) is 11.1 Å². The Bertz CT molecular complexity index is 1380. The van der Waals surface area contributed by atoms with E-state index in [1.807, 2.05) is 37.4 Å². The zero-order chi connectivity index (χ0) is 23.1. The number of carbonyl (C=O) groups excluding carboxylic acids is 1. The molecular weight excluding hydrogens is 420 g/mol. The summed E-state index contributed by atoms with van der Waals surface area (Å²) in [6, 6.07) is 11.6. The number of piperazine rings is 1. The maximum atomic E-state index is 12.9. The van der Waals surface area contributed by atoms with Crippen molar-refractivity contribution >= 4 is 45.2 Å². The first kappa shape index (κ1) is 20.9. The minimum absolute atomic E-state index is 0.0125. The van der Waals surface area contributed by atoms with Crippen LogP contribution < -0.4 is 21.0 Å². The number of benzene rings is 2. The molecule has 0 atom stereocenters. The van der Waals surface area contributed by atoms with Gasteiger partial charge in [0.15, 0.2) is 0 Å². The zero-order valence-electron chi connectivity index (χ0n) is 18.7. The molecule has 1 fully saturated rings. The summed E-state index contributed by atoms with van der Waals surface area (Å²) in [5.41, 5.74) is 10.1. The number of nitrogens with zero attached hydrogens (tertiary/aromatic N) is 4. The largest absolute Gasteiger partial charge is 0.462 e. The Morgan fingerprint density at radius 3 is 2.61 bits per heavy atom. The molecule has 0 saturated carbocycles. The maximum absolute atomic E-state index is 12.9. The van der Waals surface area contributed by atoms with E-state index < -0.39 is 5.97 Å². The molecule has 0 aliphatic carbocycles. The highest BCUT2D eigenvalue weighted by Gasteiger charge is 2.23. The molecule has 2 aromatic heterocycles.